The first-order chi connectivity index (χ1) is 11.8. The number of hydrogen-bond donors (Lipinski definition) is 1. The van der Waals surface area contributed by atoms with Crippen LogP contribution in [0.25, 0.3) is 16.5 Å². The maximum atomic E-state index is 4.32. The SMILES string of the molecule is CN1CCC(NCc2cn(-c3cccc4cnccc34)nn2)CC1. The molecule has 2 aromatic heterocycles. The zero-order chi connectivity index (χ0) is 16.4. The molecule has 0 aliphatic carbocycles. The minimum absolute atomic E-state index is 0.579. The topological polar surface area (TPSA) is 58.9 Å². The number of pyridine rings is 1. The molecule has 24 heavy (non-hydrogen) atoms. The van der Waals surface area contributed by atoms with Crippen molar-refractivity contribution in [3.05, 3.63) is 48.5 Å². The van der Waals surface area contributed by atoms with Gasteiger partial charge < -0.3 is 10.2 Å². The van der Waals surface area contributed by atoms with E-state index < -0.39 is 0 Å². The Morgan fingerprint density at radius 3 is 2.96 bits per heavy atom. The summed E-state index contributed by atoms with van der Waals surface area (Å²) in [6.45, 7) is 3.09. The van der Waals surface area contributed by atoms with Crippen LogP contribution in [0.2, 0.25) is 0 Å². The molecular weight excluding hydrogens is 300 g/mol. The zero-order valence-corrected chi connectivity index (χ0v) is 13.9. The molecule has 4 rings (SSSR count). The molecule has 0 amide bonds. The molecule has 1 saturated heterocycles. The van der Waals surface area contributed by atoms with Gasteiger partial charge in [-0.15, -0.1) is 5.10 Å². The first kappa shape index (κ1) is 15.2. The molecule has 3 aromatic rings. The Morgan fingerprint density at radius 1 is 1.21 bits per heavy atom. The van der Waals surface area contributed by atoms with Gasteiger partial charge in [0.05, 0.1) is 17.6 Å². The largest absolute Gasteiger partial charge is 0.308 e. The Bertz CT molecular complexity index is 814. The lowest BCUT2D eigenvalue weighted by Gasteiger charge is -2.29. The van der Waals surface area contributed by atoms with Gasteiger partial charge in [-0.2, -0.15) is 0 Å². The Balaban J connectivity index is 1.48. The van der Waals surface area contributed by atoms with Crippen molar-refractivity contribution in [1.82, 2.24) is 30.2 Å². The third-order valence-corrected chi connectivity index (χ3v) is 4.74. The van der Waals surface area contributed by atoms with Crippen LogP contribution in [0.1, 0.15) is 18.5 Å². The number of likely N-dealkylation sites (tertiary alicyclic amines) is 1. The maximum absolute atomic E-state index is 4.32. The average Bonchev–Trinajstić information content (AvgIpc) is 3.09. The van der Waals surface area contributed by atoms with Crippen LogP contribution in [0, 0.1) is 0 Å². The lowest BCUT2D eigenvalue weighted by molar-refractivity contribution is 0.233. The molecule has 1 N–H and O–H groups in total. The molecule has 0 spiro atoms. The van der Waals surface area contributed by atoms with Crippen LogP contribution in [0.4, 0.5) is 0 Å². The maximum Gasteiger partial charge on any atom is 0.0969 e. The van der Waals surface area contributed by atoms with Crippen LogP contribution >= 0.6 is 0 Å². The van der Waals surface area contributed by atoms with Crippen LogP contribution in [0.15, 0.2) is 42.9 Å². The van der Waals surface area contributed by atoms with Crippen molar-refractivity contribution in [3.8, 4) is 5.69 Å². The van der Waals surface area contributed by atoms with Gasteiger partial charge in [-0.3, -0.25) is 4.98 Å². The van der Waals surface area contributed by atoms with E-state index in [0.29, 0.717) is 6.04 Å². The summed E-state index contributed by atoms with van der Waals surface area (Å²) in [5.74, 6) is 0. The van der Waals surface area contributed by atoms with Crippen LogP contribution in [0.3, 0.4) is 0 Å². The Kier molecular flexibility index (Phi) is 4.23. The summed E-state index contributed by atoms with van der Waals surface area (Å²) >= 11 is 0. The van der Waals surface area contributed by atoms with Gasteiger partial charge in [-0.1, -0.05) is 17.3 Å². The van der Waals surface area contributed by atoms with Crippen molar-refractivity contribution in [2.45, 2.75) is 25.4 Å². The summed E-state index contributed by atoms with van der Waals surface area (Å²) in [4.78, 5) is 6.56. The summed E-state index contributed by atoms with van der Waals surface area (Å²) in [6.07, 6.45) is 8.09. The number of rotatable bonds is 4. The van der Waals surface area contributed by atoms with E-state index in [4.69, 9.17) is 0 Å². The van der Waals surface area contributed by atoms with Gasteiger partial charge in [-0.25, -0.2) is 4.68 Å². The molecule has 1 fully saturated rings. The molecule has 0 unspecified atom stereocenters. The lowest BCUT2D eigenvalue weighted by atomic mass is 10.1. The van der Waals surface area contributed by atoms with Crippen molar-refractivity contribution < 1.29 is 0 Å². The summed E-state index contributed by atoms with van der Waals surface area (Å²) in [6, 6.07) is 8.74. The van der Waals surface area contributed by atoms with Crippen LogP contribution in [-0.4, -0.2) is 51.1 Å². The van der Waals surface area contributed by atoms with Crippen molar-refractivity contribution in [2.24, 2.45) is 0 Å². The summed E-state index contributed by atoms with van der Waals surface area (Å²) in [7, 11) is 2.18. The number of fused-ring (bicyclic) bond motifs is 1. The minimum atomic E-state index is 0.579. The van der Waals surface area contributed by atoms with Gasteiger partial charge in [0, 0.05) is 35.8 Å². The van der Waals surface area contributed by atoms with E-state index in [1.165, 1.54) is 12.8 Å². The fourth-order valence-electron chi connectivity index (χ4n) is 3.26. The number of nitrogens with zero attached hydrogens (tertiary/aromatic N) is 5. The van der Waals surface area contributed by atoms with E-state index in [2.05, 4.69) is 44.7 Å². The molecule has 1 aromatic carbocycles. The summed E-state index contributed by atoms with van der Waals surface area (Å²) < 4.78 is 1.86. The smallest absolute Gasteiger partial charge is 0.0969 e. The highest BCUT2D eigenvalue weighted by Crippen LogP contribution is 2.20. The van der Waals surface area contributed by atoms with E-state index in [9.17, 15) is 0 Å². The third-order valence-electron chi connectivity index (χ3n) is 4.74. The molecule has 124 valence electrons. The number of nitrogens with one attached hydrogen (secondary N) is 1. The molecule has 3 heterocycles. The van der Waals surface area contributed by atoms with E-state index >= 15 is 0 Å². The molecule has 1 aliphatic heterocycles. The van der Waals surface area contributed by atoms with Crippen molar-refractivity contribution in [1.29, 1.82) is 0 Å². The first-order valence-corrected chi connectivity index (χ1v) is 8.46. The minimum Gasteiger partial charge on any atom is -0.308 e. The molecule has 6 nitrogen and oxygen atoms in total. The second kappa shape index (κ2) is 6.67. The van der Waals surface area contributed by atoms with Gasteiger partial charge in [0.25, 0.3) is 0 Å². The zero-order valence-electron chi connectivity index (χ0n) is 13.9. The monoisotopic (exact) mass is 322 g/mol. The van der Waals surface area contributed by atoms with Gasteiger partial charge in [0.1, 0.15) is 0 Å². The number of hydrogen-bond acceptors (Lipinski definition) is 5. The predicted molar refractivity (Wildman–Crippen MR) is 94.0 cm³/mol. The average molecular weight is 322 g/mol. The van der Waals surface area contributed by atoms with Crippen molar-refractivity contribution in [2.75, 3.05) is 20.1 Å². The van der Waals surface area contributed by atoms with Crippen LogP contribution in [0.5, 0.6) is 0 Å². The second-order valence-electron chi connectivity index (χ2n) is 6.49. The Labute approximate surface area is 141 Å². The van der Waals surface area contributed by atoms with Gasteiger partial charge in [-0.05, 0) is 45.1 Å². The van der Waals surface area contributed by atoms with Crippen molar-refractivity contribution >= 4 is 10.8 Å². The van der Waals surface area contributed by atoms with Gasteiger partial charge in [0.2, 0.25) is 0 Å². The van der Waals surface area contributed by atoms with E-state index in [1.807, 2.05) is 35.4 Å². The molecule has 0 atom stereocenters. The normalized spacial score (nSPS) is 16.7. The Morgan fingerprint density at radius 2 is 2.08 bits per heavy atom. The molecule has 0 radical (unpaired) electrons. The molecule has 6 heteroatoms. The highest BCUT2D eigenvalue weighted by molar-refractivity contribution is 5.89. The highest BCUT2D eigenvalue weighted by atomic mass is 15.4. The van der Waals surface area contributed by atoms with Crippen molar-refractivity contribution in [3.63, 3.8) is 0 Å². The summed E-state index contributed by atoms with van der Waals surface area (Å²) in [5.41, 5.74) is 2.01. The van der Waals surface area contributed by atoms with Crippen LogP contribution in [-0.2, 0) is 6.54 Å². The van der Waals surface area contributed by atoms with Gasteiger partial charge >= 0.3 is 0 Å². The second-order valence-corrected chi connectivity index (χ2v) is 6.49. The quantitative estimate of drug-likeness (QED) is 0.796. The lowest BCUT2D eigenvalue weighted by Crippen LogP contribution is -2.40. The standard InChI is InChI=1S/C18H22N6/c1-23-9-6-15(7-10-23)20-12-16-13-24(22-21-16)18-4-2-3-14-11-19-8-5-17(14)18/h2-5,8,11,13,15,20H,6-7,9-10,12H2,1H3. The third kappa shape index (κ3) is 3.16. The number of piperidine rings is 1. The van der Waals surface area contributed by atoms with E-state index in [-0.39, 0.29) is 0 Å². The molecule has 0 saturated carbocycles. The Hall–Kier alpha value is -2.31. The molecule has 0 bridgehead atoms. The fourth-order valence-corrected chi connectivity index (χ4v) is 3.26. The molecular formula is C18H22N6. The number of aromatic nitrogens is 4. The van der Waals surface area contributed by atoms with E-state index in [1.54, 1.807) is 0 Å². The van der Waals surface area contributed by atoms with Crippen LogP contribution < -0.4 is 5.32 Å². The fraction of sp³-hybridized carbons (Fsp3) is 0.389. The van der Waals surface area contributed by atoms with Gasteiger partial charge in [0.15, 0.2) is 0 Å². The highest BCUT2D eigenvalue weighted by Gasteiger charge is 2.16. The van der Waals surface area contributed by atoms with E-state index in [0.717, 1.165) is 41.8 Å². The summed E-state index contributed by atoms with van der Waals surface area (Å²) in [5, 5.41) is 14.5. The first-order valence-electron chi connectivity index (χ1n) is 8.46. The molecule has 1 aliphatic rings. The number of benzene rings is 1. The predicted octanol–water partition coefficient (Wildman–Crippen LogP) is 2.00.